The van der Waals surface area contributed by atoms with Crippen LogP contribution in [0.2, 0.25) is 0 Å². The zero-order valence-corrected chi connectivity index (χ0v) is 16.9. The van der Waals surface area contributed by atoms with Gasteiger partial charge in [-0.05, 0) is 29.7 Å². The van der Waals surface area contributed by atoms with E-state index in [4.69, 9.17) is 9.26 Å². The van der Waals surface area contributed by atoms with Gasteiger partial charge in [0, 0.05) is 5.39 Å². The Bertz CT molecular complexity index is 1160. The molecule has 1 aromatic heterocycles. The second kappa shape index (κ2) is 9.71. The van der Waals surface area contributed by atoms with Gasteiger partial charge in [-0.1, -0.05) is 78.0 Å². The first-order chi connectivity index (χ1) is 15.2. The Labute approximate surface area is 179 Å². The highest BCUT2D eigenvalue weighted by Gasteiger charge is 2.18. The van der Waals surface area contributed by atoms with Gasteiger partial charge in [0.05, 0.1) is 12.5 Å². The molecule has 0 spiro atoms. The van der Waals surface area contributed by atoms with E-state index in [1.54, 1.807) is 6.07 Å². The van der Waals surface area contributed by atoms with Crippen molar-refractivity contribution in [3.05, 3.63) is 102 Å². The van der Waals surface area contributed by atoms with Gasteiger partial charge in [-0.15, -0.1) is 0 Å². The van der Waals surface area contributed by atoms with Crippen LogP contribution < -0.4 is 5.32 Å². The van der Waals surface area contributed by atoms with E-state index in [1.807, 2.05) is 78.9 Å². The van der Waals surface area contributed by atoms with Crippen molar-refractivity contribution in [2.45, 2.75) is 18.9 Å². The van der Waals surface area contributed by atoms with E-state index in [0.29, 0.717) is 17.7 Å². The van der Waals surface area contributed by atoms with Crippen molar-refractivity contribution in [1.29, 1.82) is 0 Å². The first-order valence-corrected chi connectivity index (χ1v) is 10.1. The summed E-state index contributed by atoms with van der Waals surface area (Å²) in [5.41, 5.74) is 3.19. The summed E-state index contributed by atoms with van der Waals surface area (Å²) >= 11 is 0. The van der Waals surface area contributed by atoms with Crippen molar-refractivity contribution in [1.82, 2.24) is 10.5 Å². The van der Waals surface area contributed by atoms with Crippen molar-refractivity contribution >= 4 is 22.8 Å². The second-order valence-corrected chi connectivity index (χ2v) is 7.18. The van der Waals surface area contributed by atoms with E-state index in [-0.39, 0.29) is 25.0 Å². The standard InChI is InChI=1S/C25H22N2O4/c28-24(17-30-25(29)16-22-20-13-7-8-14-23(20)31-27-22)26-21(19-11-5-2-6-12-19)15-18-9-3-1-4-10-18/h1-14,21H,15-17H2,(H,26,28). The Kier molecular flexibility index (Phi) is 6.38. The molecule has 31 heavy (non-hydrogen) atoms. The Balaban J connectivity index is 1.35. The lowest BCUT2D eigenvalue weighted by Gasteiger charge is -2.19. The van der Waals surface area contributed by atoms with Gasteiger partial charge in [-0.3, -0.25) is 9.59 Å². The molecule has 0 bridgehead atoms. The molecule has 0 fully saturated rings. The molecule has 0 radical (unpaired) electrons. The molecular formula is C25H22N2O4. The van der Waals surface area contributed by atoms with E-state index >= 15 is 0 Å². The van der Waals surface area contributed by atoms with Gasteiger partial charge in [0.2, 0.25) is 0 Å². The molecule has 3 aromatic carbocycles. The Morgan fingerprint density at radius 3 is 2.35 bits per heavy atom. The fourth-order valence-electron chi connectivity index (χ4n) is 3.42. The maximum Gasteiger partial charge on any atom is 0.312 e. The topological polar surface area (TPSA) is 81.4 Å². The maximum absolute atomic E-state index is 12.5. The number of rotatable bonds is 8. The number of nitrogens with zero attached hydrogens (tertiary/aromatic N) is 1. The van der Waals surface area contributed by atoms with Crippen molar-refractivity contribution in [2.24, 2.45) is 0 Å². The molecule has 4 aromatic rings. The minimum absolute atomic E-state index is 0.0591. The molecule has 6 nitrogen and oxygen atoms in total. The first-order valence-electron chi connectivity index (χ1n) is 10.1. The maximum atomic E-state index is 12.5. The smallest absolute Gasteiger partial charge is 0.312 e. The number of hydrogen-bond acceptors (Lipinski definition) is 5. The Hall–Kier alpha value is -3.93. The Morgan fingerprint density at radius 1 is 0.903 bits per heavy atom. The van der Waals surface area contributed by atoms with Crippen LogP contribution in [0, 0.1) is 0 Å². The lowest BCUT2D eigenvalue weighted by molar-refractivity contribution is -0.148. The average molecular weight is 414 g/mol. The molecule has 0 aliphatic carbocycles. The molecule has 1 heterocycles. The fraction of sp³-hybridized carbons (Fsp3) is 0.160. The van der Waals surface area contributed by atoms with Gasteiger partial charge in [0.1, 0.15) is 5.69 Å². The predicted molar refractivity (Wildman–Crippen MR) is 116 cm³/mol. The molecule has 0 aliphatic rings. The summed E-state index contributed by atoms with van der Waals surface area (Å²) in [7, 11) is 0. The zero-order chi connectivity index (χ0) is 21.5. The number of benzene rings is 3. The molecular weight excluding hydrogens is 392 g/mol. The van der Waals surface area contributed by atoms with Gasteiger partial charge < -0.3 is 14.6 Å². The van der Waals surface area contributed by atoms with E-state index in [2.05, 4.69) is 10.5 Å². The molecule has 0 aliphatic heterocycles. The number of fused-ring (bicyclic) bond motifs is 1. The largest absolute Gasteiger partial charge is 0.455 e. The van der Waals surface area contributed by atoms with Gasteiger partial charge in [-0.25, -0.2) is 0 Å². The zero-order valence-electron chi connectivity index (χ0n) is 16.9. The summed E-state index contributed by atoms with van der Waals surface area (Å²) in [5.74, 6) is -0.892. The first kappa shape index (κ1) is 20.3. The van der Waals surface area contributed by atoms with Crippen molar-refractivity contribution in [2.75, 3.05) is 6.61 Å². The summed E-state index contributed by atoms with van der Waals surface area (Å²) in [6.45, 7) is -0.354. The quantitative estimate of drug-likeness (QED) is 0.441. The molecule has 0 saturated carbocycles. The number of aromatic nitrogens is 1. The number of amides is 1. The van der Waals surface area contributed by atoms with E-state index in [1.165, 1.54) is 0 Å². The van der Waals surface area contributed by atoms with Crippen LogP contribution in [0.1, 0.15) is 22.9 Å². The van der Waals surface area contributed by atoms with E-state index in [9.17, 15) is 9.59 Å². The van der Waals surface area contributed by atoms with Gasteiger partial charge in [0.15, 0.2) is 12.2 Å². The van der Waals surface area contributed by atoms with Crippen LogP contribution in [0.5, 0.6) is 0 Å². The lowest BCUT2D eigenvalue weighted by atomic mass is 9.99. The summed E-state index contributed by atoms with van der Waals surface area (Å²) in [6.07, 6.45) is 0.575. The minimum atomic E-state index is -0.534. The molecule has 1 atom stereocenters. The molecule has 0 saturated heterocycles. The number of nitrogens with one attached hydrogen (secondary N) is 1. The molecule has 1 unspecified atom stereocenters. The lowest BCUT2D eigenvalue weighted by Crippen LogP contribution is -2.33. The van der Waals surface area contributed by atoms with Crippen LogP contribution in [0.25, 0.3) is 11.0 Å². The number of ether oxygens (including phenoxy) is 1. The SMILES string of the molecule is O=C(COC(=O)Cc1noc2ccccc12)NC(Cc1ccccc1)c1ccccc1. The third kappa shape index (κ3) is 5.36. The molecule has 1 amide bonds. The van der Waals surface area contributed by atoms with Crippen LogP contribution in [-0.4, -0.2) is 23.6 Å². The number of para-hydroxylation sites is 1. The highest BCUT2D eigenvalue weighted by Crippen LogP contribution is 2.19. The third-order valence-corrected chi connectivity index (χ3v) is 4.95. The number of esters is 1. The number of carbonyl (C=O) groups is 2. The monoisotopic (exact) mass is 414 g/mol. The molecule has 4 rings (SSSR count). The number of hydrogen-bond donors (Lipinski definition) is 1. The normalized spacial score (nSPS) is 11.7. The minimum Gasteiger partial charge on any atom is -0.455 e. The van der Waals surface area contributed by atoms with Crippen LogP contribution in [0.4, 0.5) is 0 Å². The summed E-state index contributed by atoms with van der Waals surface area (Å²) < 4.78 is 10.4. The fourth-order valence-corrected chi connectivity index (χ4v) is 3.42. The highest BCUT2D eigenvalue weighted by molar-refractivity contribution is 5.85. The van der Waals surface area contributed by atoms with Crippen molar-refractivity contribution in [3.8, 4) is 0 Å². The second-order valence-electron chi connectivity index (χ2n) is 7.18. The molecule has 156 valence electrons. The third-order valence-electron chi connectivity index (χ3n) is 4.95. The highest BCUT2D eigenvalue weighted by atomic mass is 16.5. The van der Waals surface area contributed by atoms with Crippen LogP contribution in [-0.2, 0) is 27.2 Å². The van der Waals surface area contributed by atoms with Crippen LogP contribution in [0.3, 0.4) is 0 Å². The summed E-state index contributed by atoms with van der Waals surface area (Å²) in [6, 6.07) is 26.7. The number of carbonyl (C=O) groups excluding carboxylic acids is 2. The van der Waals surface area contributed by atoms with Gasteiger partial charge in [0.25, 0.3) is 5.91 Å². The summed E-state index contributed by atoms with van der Waals surface area (Å²) in [5, 5.41) is 7.66. The van der Waals surface area contributed by atoms with Crippen LogP contribution >= 0.6 is 0 Å². The molecule has 6 heteroatoms. The summed E-state index contributed by atoms with van der Waals surface area (Å²) in [4.78, 5) is 24.7. The van der Waals surface area contributed by atoms with Gasteiger partial charge >= 0.3 is 5.97 Å². The predicted octanol–water partition coefficient (Wildman–Crippen LogP) is 4.01. The molecule has 1 N–H and O–H groups in total. The Morgan fingerprint density at radius 2 is 1.58 bits per heavy atom. The van der Waals surface area contributed by atoms with Crippen LogP contribution in [0.15, 0.2) is 89.5 Å². The van der Waals surface area contributed by atoms with E-state index in [0.717, 1.165) is 16.5 Å². The van der Waals surface area contributed by atoms with Crippen molar-refractivity contribution < 1.29 is 18.8 Å². The van der Waals surface area contributed by atoms with E-state index < -0.39 is 5.97 Å². The van der Waals surface area contributed by atoms with Crippen molar-refractivity contribution in [3.63, 3.8) is 0 Å². The van der Waals surface area contributed by atoms with Gasteiger partial charge in [-0.2, -0.15) is 0 Å². The average Bonchev–Trinajstić information content (AvgIpc) is 3.21.